The highest BCUT2D eigenvalue weighted by Crippen LogP contribution is 2.26. The van der Waals surface area contributed by atoms with Gasteiger partial charge in [-0.15, -0.1) is 19.0 Å². The van der Waals surface area contributed by atoms with E-state index in [1.807, 2.05) is 0 Å². The van der Waals surface area contributed by atoms with Crippen LogP contribution in [0, 0.1) is 5.82 Å². The van der Waals surface area contributed by atoms with Gasteiger partial charge in [-0.25, -0.2) is 4.39 Å². The number of halogens is 2. The molecule has 1 aromatic rings. The number of methoxy groups -OCH3 is 1. The second kappa shape index (κ2) is 6.43. The van der Waals surface area contributed by atoms with Gasteiger partial charge in [0, 0.05) is 17.7 Å². The van der Waals surface area contributed by atoms with E-state index in [0.717, 1.165) is 5.56 Å². The zero-order chi connectivity index (χ0) is 10.6. The molecule has 0 heterocycles. The summed E-state index contributed by atoms with van der Waals surface area (Å²) in [6, 6.07) is 4.16. The van der Waals surface area contributed by atoms with Crippen molar-refractivity contribution in [1.29, 1.82) is 0 Å². The fourth-order valence-electron chi connectivity index (χ4n) is 1.30. The lowest BCUT2D eigenvalue weighted by Crippen LogP contribution is -2.10. The van der Waals surface area contributed by atoms with Crippen molar-refractivity contribution in [2.45, 2.75) is 12.5 Å². The Labute approximate surface area is 95.3 Å². The number of hydrogen-bond donors (Lipinski definition) is 1. The zero-order valence-corrected chi connectivity index (χ0v) is 9.39. The van der Waals surface area contributed by atoms with Crippen LogP contribution in [-0.2, 0) is 0 Å². The molecular formula is C11H15ClFNO. The summed E-state index contributed by atoms with van der Waals surface area (Å²) < 4.78 is 17.9. The van der Waals surface area contributed by atoms with E-state index in [1.165, 1.54) is 19.2 Å². The van der Waals surface area contributed by atoms with Crippen molar-refractivity contribution >= 4 is 12.4 Å². The minimum Gasteiger partial charge on any atom is -0.496 e. The lowest BCUT2D eigenvalue weighted by atomic mass is 10.0. The predicted octanol–water partition coefficient (Wildman–Crippen LogP) is 2.83. The summed E-state index contributed by atoms with van der Waals surface area (Å²) in [6.45, 7) is 3.60. The molecule has 0 aliphatic heterocycles. The first kappa shape index (κ1) is 13.9. The fourth-order valence-corrected chi connectivity index (χ4v) is 1.30. The monoisotopic (exact) mass is 231 g/mol. The molecule has 0 fully saturated rings. The van der Waals surface area contributed by atoms with Gasteiger partial charge in [0.2, 0.25) is 0 Å². The van der Waals surface area contributed by atoms with Crippen molar-refractivity contribution in [1.82, 2.24) is 0 Å². The van der Waals surface area contributed by atoms with Gasteiger partial charge in [0.05, 0.1) is 7.11 Å². The van der Waals surface area contributed by atoms with Crippen molar-refractivity contribution in [3.8, 4) is 5.75 Å². The molecule has 0 spiro atoms. The molecule has 0 aliphatic rings. The van der Waals surface area contributed by atoms with Crippen LogP contribution in [0.2, 0.25) is 0 Å². The summed E-state index contributed by atoms with van der Waals surface area (Å²) in [4.78, 5) is 0. The summed E-state index contributed by atoms with van der Waals surface area (Å²) in [7, 11) is 1.50. The van der Waals surface area contributed by atoms with Crippen LogP contribution in [0.15, 0.2) is 30.9 Å². The predicted molar refractivity (Wildman–Crippen MR) is 61.9 cm³/mol. The Morgan fingerprint density at radius 2 is 2.27 bits per heavy atom. The first-order valence-corrected chi connectivity index (χ1v) is 4.39. The zero-order valence-electron chi connectivity index (χ0n) is 8.57. The molecule has 0 saturated carbocycles. The molecule has 0 unspecified atom stereocenters. The molecule has 4 heteroatoms. The second-order valence-corrected chi connectivity index (χ2v) is 3.02. The molecule has 2 nitrogen and oxygen atoms in total. The molecule has 84 valence electrons. The number of hydrogen-bond acceptors (Lipinski definition) is 2. The van der Waals surface area contributed by atoms with Crippen molar-refractivity contribution < 1.29 is 9.13 Å². The molecular weight excluding hydrogens is 217 g/mol. The molecule has 15 heavy (non-hydrogen) atoms. The van der Waals surface area contributed by atoms with Gasteiger partial charge in [0.25, 0.3) is 0 Å². The third kappa shape index (κ3) is 3.53. The van der Waals surface area contributed by atoms with E-state index in [9.17, 15) is 4.39 Å². The summed E-state index contributed by atoms with van der Waals surface area (Å²) >= 11 is 0. The van der Waals surface area contributed by atoms with E-state index < -0.39 is 0 Å². The van der Waals surface area contributed by atoms with E-state index in [2.05, 4.69) is 6.58 Å². The summed E-state index contributed by atoms with van der Waals surface area (Å²) in [5.74, 6) is 0.163. The standard InChI is InChI=1S/C11H14FNO.ClH/c1-3-4-10(13)9-6-5-8(12)7-11(9)14-2;/h3,5-7,10H,1,4,13H2,2H3;1H/t10-;/m1./s1. The van der Waals surface area contributed by atoms with E-state index in [1.54, 1.807) is 12.1 Å². The van der Waals surface area contributed by atoms with Crippen molar-refractivity contribution in [3.05, 3.63) is 42.2 Å². The van der Waals surface area contributed by atoms with Gasteiger partial charge in [-0.2, -0.15) is 0 Å². The van der Waals surface area contributed by atoms with E-state index in [4.69, 9.17) is 10.5 Å². The average Bonchev–Trinajstić information content (AvgIpc) is 2.17. The maximum absolute atomic E-state index is 12.8. The number of benzene rings is 1. The Bertz CT molecular complexity index is 330. The number of ether oxygens (including phenoxy) is 1. The lowest BCUT2D eigenvalue weighted by molar-refractivity contribution is 0.402. The maximum atomic E-state index is 12.8. The van der Waals surface area contributed by atoms with Crippen LogP contribution in [0.1, 0.15) is 18.0 Å². The van der Waals surface area contributed by atoms with Crippen LogP contribution in [0.25, 0.3) is 0 Å². The highest BCUT2D eigenvalue weighted by Gasteiger charge is 2.10. The maximum Gasteiger partial charge on any atom is 0.126 e. The van der Waals surface area contributed by atoms with Gasteiger partial charge in [-0.05, 0) is 12.5 Å². The van der Waals surface area contributed by atoms with Crippen LogP contribution >= 0.6 is 12.4 Å². The quantitative estimate of drug-likeness (QED) is 0.809. The first-order valence-electron chi connectivity index (χ1n) is 4.39. The number of rotatable bonds is 4. The molecule has 0 aliphatic carbocycles. The second-order valence-electron chi connectivity index (χ2n) is 3.02. The van der Waals surface area contributed by atoms with Gasteiger partial charge in [-0.1, -0.05) is 12.1 Å². The molecule has 0 radical (unpaired) electrons. The van der Waals surface area contributed by atoms with Crippen LogP contribution in [-0.4, -0.2) is 7.11 Å². The molecule has 0 aromatic heterocycles. The molecule has 2 N–H and O–H groups in total. The normalized spacial score (nSPS) is 11.4. The summed E-state index contributed by atoms with van der Waals surface area (Å²) in [5, 5.41) is 0. The largest absolute Gasteiger partial charge is 0.496 e. The molecule has 0 amide bonds. The van der Waals surface area contributed by atoms with Gasteiger partial charge < -0.3 is 10.5 Å². The minimum atomic E-state index is -0.323. The average molecular weight is 232 g/mol. The van der Waals surface area contributed by atoms with Gasteiger partial charge in [0.1, 0.15) is 11.6 Å². The molecule has 0 bridgehead atoms. The summed E-state index contributed by atoms with van der Waals surface area (Å²) in [6.07, 6.45) is 2.37. The van der Waals surface area contributed by atoms with Crippen LogP contribution in [0.3, 0.4) is 0 Å². The topological polar surface area (TPSA) is 35.2 Å². The van der Waals surface area contributed by atoms with Gasteiger partial charge in [-0.3, -0.25) is 0 Å². The summed E-state index contributed by atoms with van der Waals surface area (Å²) in [5.41, 5.74) is 6.66. The number of nitrogens with two attached hydrogens (primary N) is 1. The first-order chi connectivity index (χ1) is 6.69. The fraction of sp³-hybridized carbons (Fsp3) is 0.273. The minimum absolute atomic E-state index is 0. The molecule has 0 saturated heterocycles. The van der Waals surface area contributed by atoms with E-state index in [-0.39, 0.29) is 24.3 Å². The van der Waals surface area contributed by atoms with Crippen LogP contribution in [0.4, 0.5) is 4.39 Å². The smallest absolute Gasteiger partial charge is 0.126 e. The SMILES string of the molecule is C=CC[C@@H](N)c1ccc(F)cc1OC.Cl. The molecule has 1 rings (SSSR count). The Hall–Kier alpha value is -1.06. The third-order valence-electron chi connectivity index (χ3n) is 2.02. The van der Waals surface area contributed by atoms with E-state index >= 15 is 0 Å². The van der Waals surface area contributed by atoms with Crippen molar-refractivity contribution in [3.63, 3.8) is 0 Å². The van der Waals surface area contributed by atoms with Crippen molar-refractivity contribution in [2.75, 3.05) is 7.11 Å². The Balaban J connectivity index is 0.00000196. The Morgan fingerprint density at radius 1 is 1.60 bits per heavy atom. The highest BCUT2D eigenvalue weighted by atomic mass is 35.5. The lowest BCUT2D eigenvalue weighted by Gasteiger charge is -2.13. The molecule has 1 aromatic carbocycles. The van der Waals surface area contributed by atoms with Crippen LogP contribution < -0.4 is 10.5 Å². The van der Waals surface area contributed by atoms with Gasteiger partial charge >= 0.3 is 0 Å². The Morgan fingerprint density at radius 3 is 2.80 bits per heavy atom. The van der Waals surface area contributed by atoms with Crippen molar-refractivity contribution in [2.24, 2.45) is 5.73 Å². The van der Waals surface area contributed by atoms with Crippen LogP contribution in [0.5, 0.6) is 5.75 Å². The van der Waals surface area contributed by atoms with E-state index in [0.29, 0.717) is 12.2 Å². The molecule has 1 atom stereocenters. The third-order valence-corrected chi connectivity index (χ3v) is 2.02. The Kier molecular flexibility index (Phi) is 5.97. The highest BCUT2D eigenvalue weighted by molar-refractivity contribution is 5.85. The van der Waals surface area contributed by atoms with Gasteiger partial charge in [0.15, 0.2) is 0 Å².